The summed E-state index contributed by atoms with van der Waals surface area (Å²) in [6.45, 7) is 36.2. The fourth-order valence-electron chi connectivity index (χ4n) is 6.97. The smallest absolute Gasteiger partial charge is 0.232 e. The fourth-order valence-corrected chi connectivity index (χ4v) is 6.97. The highest BCUT2D eigenvalue weighted by Gasteiger charge is 2.34. The zero-order chi connectivity index (χ0) is 33.6. The molecule has 4 heterocycles. The van der Waals surface area contributed by atoms with Gasteiger partial charge in [-0.05, 0) is 86.6 Å². The summed E-state index contributed by atoms with van der Waals surface area (Å²) in [6, 6.07) is 0. The number of likely N-dealkylation sites (tertiary alicyclic amines) is 2. The van der Waals surface area contributed by atoms with Crippen LogP contribution in [0.15, 0.2) is 12.4 Å². The molecule has 3 saturated heterocycles. The molecule has 0 bridgehead atoms. The van der Waals surface area contributed by atoms with E-state index in [1.807, 2.05) is 6.20 Å². The van der Waals surface area contributed by atoms with E-state index in [-0.39, 0.29) is 28.3 Å². The second-order valence-electron chi connectivity index (χ2n) is 17.4. The number of ether oxygens (including phenoxy) is 3. The largest absolute Gasteiger partial charge is 0.472 e. The molecule has 1 aromatic rings. The molecule has 3 aliphatic rings. The average Bonchev–Trinajstić information content (AvgIpc) is 3.60. The lowest BCUT2D eigenvalue weighted by Gasteiger charge is -2.45. The predicted octanol–water partition coefficient (Wildman–Crippen LogP) is 5.34. The van der Waals surface area contributed by atoms with Crippen LogP contribution in [0, 0.1) is 5.92 Å². The molecular weight excluding hydrogens is 576 g/mol. The van der Waals surface area contributed by atoms with Crippen LogP contribution < -0.4 is 4.74 Å². The molecule has 3 fully saturated rings. The normalized spacial score (nSPS) is 23.4. The summed E-state index contributed by atoms with van der Waals surface area (Å²) < 4.78 is 18.6. The molecule has 3 aliphatic heterocycles. The molecular formula is C37H68N6O3. The molecule has 9 nitrogen and oxygen atoms in total. The third-order valence-electron chi connectivity index (χ3n) is 10.2. The van der Waals surface area contributed by atoms with Crippen LogP contribution in [0.4, 0.5) is 0 Å². The van der Waals surface area contributed by atoms with E-state index in [1.165, 1.54) is 39.1 Å². The van der Waals surface area contributed by atoms with Crippen LogP contribution in [0.5, 0.6) is 5.88 Å². The van der Waals surface area contributed by atoms with Crippen LogP contribution in [0.1, 0.15) is 101 Å². The Bertz CT molecular complexity index is 1040. The van der Waals surface area contributed by atoms with E-state index < -0.39 is 0 Å². The summed E-state index contributed by atoms with van der Waals surface area (Å²) in [6.07, 6.45) is 8.32. The Morgan fingerprint density at radius 2 is 1.35 bits per heavy atom. The predicted molar refractivity (Wildman–Crippen MR) is 188 cm³/mol. The second kappa shape index (κ2) is 15.9. The molecule has 0 aromatic carbocycles. The van der Waals surface area contributed by atoms with E-state index in [4.69, 9.17) is 14.2 Å². The van der Waals surface area contributed by atoms with Gasteiger partial charge in [0.2, 0.25) is 5.88 Å². The average molecular weight is 645 g/mol. The van der Waals surface area contributed by atoms with Crippen molar-refractivity contribution in [2.24, 2.45) is 5.92 Å². The first-order valence-electron chi connectivity index (χ1n) is 18.2. The quantitative estimate of drug-likeness (QED) is 0.252. The SMILES string of the molecule is CC(C)(C)OCCN1CC[C@H](CN2CCN(C(C)(C)CCC(C)(C)OCCN3CC[C@@H](Oc4cnc(C(C)(C)C)cn4)C3)CC2)C1. The van der Waals surface area contributed by atoms with E-state index in [1.54, 1.807) is 6.20 Å². The van der Waals surface area contributed by atoms with Crippen molar-refractivity contribution in [3.8, 4) is 5.88 Å². The molecule has 9 heteroatoms. The van der Waals surface area contributed by atoms with Crippen LogP contribution in [0.25, 0.3) is 0 Å². The highest BCUT2D eigenvalue weighted by Crippen LogP contribution is 2.29. The first-order valence-corrected chi connectivity index (χ1v) is 18.2. The monoisotopic (exact) mass is 645 g/mol. The maximum atomic E-state index is 6.47. The van der Waals surface area contributed by atoms with Gasteiger partial charge in [0.15, 0.2) is 0 Å². The summed E-state index contributed by atoms with van der Waals surface area (Å²) in [4.78, 5) is 19.5. The zero-order valence-electron chi connectivity index (χ0n) is 31.2. The molecule has 0 spiro atoms. The van der Waals surface area contributed by atoms with E-state index in [0.29, 0.717) is 5.88 Å². The summed E-state index contributed by atoms with van der Waals surface area (Å²) in [5.41, 5.74) is 0.984. The summed E-state index contributed by atoms with van der Waals surface area (Å²) in [7, 11) is 0. The minimum absolute atomic E-state index is 0.00449. The van der Waals surface area contributed by atoms with E-state index in [0.717, 1.165) is 83.4 Å². The van der Waals surface area contributed by atoms with Crippen LogP contribution in [0.2, 0.25) is 0 Å². The number of hydrogen-bond acceptors (Lipinski definition) is 9. The molecule has 264 valence electrons. The molecule has 0 saturated carbocycles. The van der Waals surface area contributed by atoms with Gasteiger partial charge in [0.05, 0.1) is 42.5 Å². The lowest BCUT2D eigenvalue weighted by atomic mass is 9.89. The maximum Gasteiger partial charge on any atom is 0.232 e. The maximum absolute atomic E-state index is 6.47. The van der Waals surface area contributed by atoms with Gasteiger partial charge in [0.25, 0.3) is 0 Å². The van der Waals surface area contributed by atoms with Gasteiger partial charge in [-0.2, -0.15) is 0 Å². The lowest BCUT2D eigenvalue weighted by Crippen LogP contribution is -2.55. The second-order valence-corrected chi connectivity index (χ2v) is 17.4. The van der Waals surface area contributed by atoms with Crippen LogP contribution in [-0.4, -0.2) is 138 Å². The van der Waals surface area contributed by atoms with E-state index in [9.17, 15) is 0 Å². The van der Waals surface area contributed by atoms with Crippen LogP contribution in [0.3, 0.4) is 0 Å². The van der Waals surface area contributed by atoms with Gasteiger partial charge in [0.1, 0.15) is 6.10 Å². The number of nitrogens with zero attached hydrogens (tertiary/aromatic N) is 6. The van der Waals surface area contributed by atoms with Crippen LogP contribution >= 0.6 is 0 Å². The van der Waals surface area contributed by atoms with Gasteiger partial charge in [-0.15, -0.1) is 0 Å². The van der Waals surface area contributed by atoms with Gasteiger partial charge >= 0.3 is 0 Å². The fraction of sp³-hybridized carbons (Fsp3) is 0.892. The van der Waals surface area contributed by atoms with Crippen molar-refractivity contribution < 1.29 is 14.2 Å². The molecule has 0 unspecified atom stereocenters. The number of rotatable bonds is 15. The molecule has 1 aromatic heterocycles. The Morgan fingerprint density at radius 3 is 1.98 bits per heavy atom. The van der Waals surface area contributed by atoms with Crippen LogP contribution in [-0.2, 0) is 14.9 Å². The first-order chi connectivity index (χ1) is 21.5. The molecule has 0 N–H and O–H groups in total. The van der Waals surface area contributed by atoms with Crippen molar-refractivity contribution in [1.82, 2.24) is 29.6 Å². The Hall–Kier alpha value is -1.36. The number of hydrogen-bond donors (Lipinski definition) is 0. The molecule has 2 atom stereocenters. The first kappa shape index (κ1) is 37.5. The van der Waals surface area contributed by atoms with Gasteiger partial charge in [-0.3, -0.25) is 14.8 Å². The molecule has 0 amide bonds. The molecule has 0 aliphatic carbocycles. The van der Waals surface area contributed by atoms with Gasteiger partial charge in [0, 0.05) is 76.4 Å². The van der Waals surface area contributed by atoms with Crippen molar-refractivity contribution >= 4 is 0 Å². The Labute approximate surface area is 281 Å². The Morgan fingerprint density at radius 1 is 0.696 bits per heavy atom. The third-order valence-corrected chi connectivity index (χ3v) is 10.2. The molecule has 0 radical (unpaired) electrons. The third kappa shape index (κ3) is 12.3. The lowest BCUT2D eigenvalue weighted by molar-refractivity contribution is -0.0442. The Balaban J connectivity index is 1.08. The minimum atomic E-state index is -0.134. The summed E-state index contributed by atoms with van der Waals surface area (Å²) >= 11 is 0. The zero-order valence-corrected chi connectivity index (χ0v) is 31.2. The molecule has 4 rings (SSSR count). The van der Waals surface area contributed by atoms with Gasteiger partial charge < -0.3 is 24.0 Å². The highest BCUT2D eigenvalue weighted by atomic mass is 16.5. The molecule has 46 heavy (non-hydrogen) atoms. The number of piperazine rings is 1. The standard InChI is InChI=1S/C37H68N6O3/c1-34(2,3)32-25-39-33(26-38-32)46-31-12-16-41(29-31)22-24-45-37(9,10)14-13-36(7,8)43-19-17-42(18-20-43)28-30-11-15-40(27-30)21-23-44-35(4,5)6/h25-26,30-31H,11-24,27-29H2,1-10H3/t30-,31+/m0/s1. The van der Waals surface area contributed by atoms with Crippen molar-refractivity contribution in [2.45, 2.75) is 123 Å². The van der Waals surface area contributed by atoms with E-state index >= 15 is 0 Å². The van der Waals surface area contributed by atoms with E-state index in [2.05, 4.69) is 98.8 Å². The van der Waals surface area contributed by atoms with Crippen molar-refractivity contribution in [2.75, 3.05) is 85.2 Å². The highest BCUT2D eigenvalue weighted by molar-refractivity contribution is 5.14. The van der Waals surface area contributed by atoms with Gasteiger partial charge in [-0.1, -0.05) is 20.8 Å². The van der Waals surface area contributed by atoms with Crippen molar-refractivity contribution in [1.29, 1.82) is 0 Å². The minimum Gasteiger partial charge on any atom is -0.472 e. The topological polar surface area (TPSA) is 66.4 Å². The summed E-state index contributed by atoms with van der Waals surface area (Å²) in [5, 5.41) is 0. The number of aromatic nitrogens is 2. The van der Waals surface area contributed by atoms with Crippen molar-refractivity contribution in [3.63, 3.8) is 0 Å². The Kier molecular flexibility index (Phi) is 12.9. The summed E-state index contributed by atoms with van der Waals surface area (Å²) in [5.74, 6) is 1.42. The van der Waals surface area contributed by atoms with Gasteiger partial charge in [-0.25, -0.2) is 4.98 Å². The van der Waals surface area contributed by atoms with Crippen molar-refractivity contribution in [3.05, 3.63) is 18.1 Å².